The largest absolute Gasteiger partial charge is 0.454 e. The van der Waals surface area contributed by atoms with Crippen molar-refractivity contribution in [2.45, 2.75) is 43.3 Å². The summed E-state index contributed by atoms with van der Waals surface area (Å²) < 4.78 is 6.09. The van der Waals surface area contributed by atoms with Crippen LogP contribution in [0.15, 0.2) is 63.2 Å². The molecule has 0 fully saturated rings. The highest BCUT2D eigenvalue weighted by molar-refractivity contribution is 7.98. The molecule has 6 nitrogen and oxygen atoms in total. The molecule has 0 atom stereocenters. The molecule has 1 N–H and O–H groups in total. The van der Waals surface area contributed by atoms with E-state index in [4.69, 9.17) is 9.40 Å². The number of tetrazole rings is 1. The zero-order chi connectivity index (χ0) is 22.1. The Balaban J connectivity index is 1.34. The quantitative estimate of drug-likeness (QED) is 0.301. The Labute approximate surface area is 194 Å². The van der Waals surface area contributed by atoms with Crippen molar-refractivity contribution in [2.24, 2.45) is 0 Å². The normalized spacial score (nSPS) is 12.0. The standard InChI is InChI=1S/C24H23N5OS2/c1-24(2,3)21-14-32-23(25-21)19-11-17-10-15(8-9-18(17)30-19)13-31-20-7-5-4-6-16(20)12-22-26-28-29-27-22/h4-11,14H,12-13H2,1-3H3,(H,26,27,28,29). The van der Waals surface area contributed by atoms with Crippen molar-refractivity contribution in [1.29, 1.82) is 0 Å². The Morgan fingerprint density at radius 3 is 2.75 bits per heavy atom. The molecule has 3 heterocycles. The maximum atomic E-state index is 6.09. The minimum absolute atomic E-state index is 0.0329. The number of thiazole rings is 1. The summed E-state index contributed by atoms with van der Waals surface area (Å²) in [5.74, 6) is 2.39. The zero-order valence-electron chi connectivity index (χ0n) is 18.1. The Kier molecular flexibility index (Phi) is 5.57. The lowest BCUT2D eigenvalue weighted by Crippen LogP contribution is -2.11. The van der Waals surface area contributed by atoms with Gasteiger partial charge in [0.15, 0.2) is 16.6 Å². The fourth-order valence-corrected chi connectivity index (χ4v) is 5.40. The molecule has 0 saturated carbocycles. The number of nitrogens with zero attached hydrogens (tertiary/aromatic N) is 4. The van der Waals surface area contributed by atoms with Gasteiger partial charge in [-0.25, -0.2) is 4.98 Å². The van der Waals surface area contributed by atoms with Gasteiger partial charge < -0.3 is 4.42 Å². The van der Waals surface area contributed by atoms with Crippen LogP contribution in [0, 0.1) is 0 Å². The smallest absolute Gasteiger partial charge is 0.178 e. The predicted molar refractivity (Wildman–Crippen MR) is 129 cm³/mol. The van der Waals surface area contributed by atoms with Crippen molar-refractivity contribution in [1.82, 2.24) is 25.6 Å². The van der Waals surface area contributed by atoms with Gasteiger partial charge in [0.1, 0.15) is 5.58 Å². The van der Waals surface area contributed by atoms with Crippen molar-refractivity contribution in [3.8, 4) is 10.8 Å². The fraction of sp³-hybridized carbons (Fsp3) is 0.250. The summed E-state index contributed by atoms with van der Waals surface area (Å²) in [6, 6.07) is 16.9. The van der Waals surface area contributed by atoms with Gasteiger partial charge in [-0.15, -0.1) is 33.3 Å². The van der Waals surface area contributed by atoms with E-state index >= 15 is 0 Å². The number of furan rings is 1. The second kappa shape index (κ2) is 8.52. The molecule has 8 heteroatoms. The van der Waals surface area contributed by atoms with Crippen molar-refractivity contribution >= 4 is 34.1 Å². The molecule has 0 aliphatic carbocycles. The highest BCUT2D eigenvalue weighted by Crippen LogP contribution is 2.34. The molecule has 32 heavy (non-hydrogen) atoms. The summed E-state index contributed by atoms with van der Waals surface area (Å²) in [6.45, 7) is 6.53. The molecule has 2 aromatic carbocycles. The highest BCUT2D eigenvalue weighted by atomic mass is 32.2. The van der Waals surface area contributed by atoms with Gasteiger partial charge in [-0.05, 0) is 35.4 Å². The van der Waals surface area contributed by atoms with Crippen molar-refractivity contribution < 1.29 is 4.42 Å². The van der Waals surface area contributed by atoms with E-state index in [-0.39, 0.29) is 5.41 Å². The molecule has 0 radical (unpaired) electrons. The van der Waals surface area contributed by atoms with Crippen LogP contribution in [-0.2, 0) is 17.6 Å². The number of aromatic nitrogens is 5. The molecule has 5 aromatic rings. The second-order valence-electron chi connectivity index (χ2n) is 8.67. The number of nitrogens with one attached hydrogen (secondary N) is 1. The number of hydrogen-bond donors (Lipinski definition) is 1. The van der Waals surface area contributed by atoms with Gasteiger partial charge in [-0.2, -0.15) is 5.21 Å². The predicted octanol–water partition coefficient (Wildman–Crippen LogP) is 6.25. The number of hydrogen-bond acceptors (Lipinski definition) is 7. The van der Waals surface area contributed by atoms with Gasteiger partial charge in [-0.1, -0.05) is 50.3 Å². The molecule has 0 aliphatic rings. The van der Waals surface area contributed by atoms with E-state index in [1.54, 1.807) is 11.3 Å². The lowest BCUT2D eigenvalue weighted by atomic mass is 9.93. The van der Waals surface area contributed by atoms with Crippen LogP contribution in [-0.4, -0.2) is 25.6 Å². The van der Waals surface area contributed by atoms with E-state index in [2.05, 4.69) is 89.2 Å². The summed E-state index contributed by atoms with van der Waals surface area (Å²) in [4.78, 5) is 6.01. The minimum Gasteiger partial charge on any atom is -0.454 e. The summed E-state index contributed by atoms with van der Waals surface area (Å²) in [6.07, 6.45) is 0.661. The maximum absolute atomic E-state index is 6.09. The average Bonchev–Trinajstić information content (AvgIpc) is 3.52. The average molecular weight is 462 g/mol. The van der Waals surface area contributed by atoms with Crippen molar-refractivity contribution in [2.75, 3.05) is 0 Å². The van der Waals surface area contributed by atoms with Crippen LogP contribution < -0.4 is 0 Å². The monoisotopic (exact) mass is 461 g/mol. The van der Waals surface area contributed by atoms with Crippen LogP contribution in [0.3, 0.4) is 0 Å². The lowest BCUT2D eigenvalue weighted by Gasteiger charge is -2.13. The lowest BCUT2D eigenvalue weighted by molar-refractivity contribution is 0.571. The number of benzene rings is 2. The molecule has 3 aromatic heterocycles. The van der Waals surface area contributed by atoms with Crippen LogP contribution >= 0.6 is 23.1 Å². The summed E-state index contributed by atoms with van der Waals surface area (Å²) in [7, 11) is 0. The van der Waals surface area contributed by atoms with Gasteiger partial charge in [0.2, 0.25) is 0 Å². The first-order chi connectivity index (χ1) is 15.5. The second-order valence-corrected chi connectivity index (χ2v) is 10.5. The van der Waals surface area contributed by atoms with E-state index < -0.39 is 0 Å². The number of rotatable bonds is 6. The van der Waals surface area contributed by atoms with E-state index in [9.17, 15) is 0 Å². The van der Waals surface area contributed by atoms with Crippen LogP contribution in [0.1, 0.15) is 43.4 Å². The van der Waals surface area contributed by atoms with E-state index in [0.717, 1.165) is 33.2 Å². The fourth-order valence-electron chi connectivity index (χ4n) is 3.40. The molecule has 0 bridgehead atoms. The number of fused-ring (bicyclic) bond motifs is 1. The molecule has 0 unspecified atom stereocenters. The first-order valence-electron chi connectivity index (χ1n) is 10.4. The first kappa shape index (κ1) is 20.9. The Hall–Kier alpha value is -2.97. The SMILES string of the molecule is CC(C)(C)c1csc(-c2cc3cc(CSc4ccccc4Cc4nn[nH]n4)ccc3o2)n1. The van der Waals surface area contributed by atoms with E-state index in [1.165, 1.54) is 16.0 Å². The minimum atomic E-state index is 0.0329. The molecule has 0 amide bonds. The summed E-state index contributed by atoms with van der Waals surface area (Å²) in [5.41, 5.74) is 4.46. The molecule has 162 valence electrons. The van der Waals surface area contributed by atoms with E-state index in [0.29, 0.717) is 12.2 Å². The Morgan fingerprint density at radius 2 is 1.97 bits per heavy atom. The van der Waals surface area contributed by atoms with Crippen LogP contribution in [0.5, 0.6) is 0 Å². The summed E-state index contributed by atoms with van der Waals surface area (Å²) >= 11 is 3.45. The summed E-state index contributed by atoms with van der Waals surface area (Å²) in [5, 5.41) is 18.5. The van der Waals surface area contributed by atoms with Gasteiger partial charge in [0, 0.05) is 33.3 Å². The Bertz CT molecular complexity index is 1350. The molecule has 0 aliphatic heterocycles. The third kappa shape index (κ3) is 4.47. The number of aromatic amines is 1. The number of thioether (sulfide) groups is 1. The van der Waals surface area contributed by atoms with Crippen molar-refractivity contribution in [3.05, 3.63) is 76.6 Å². The maximum Gasteiger partial charge on any atom is 0.178 e. The topological polar surface area (TPSA) is 80.5 Å². The van der Waals surface area contributed by atoms with Crippen LogP contribution in [0.2, 0.25) is 0 Å². The van der Waals surface area contributed by atoms with Gasteiger partial charge in [-0.3, -0.25) is 0 Å². The highest BCUT2D eigenvalue weighted by Gasteiger charge is 2.19. The third-order valence-corrected chi connectivity index (χ3v) is 7.21. The van der Waals surface area contributed by atoms with Crippen molar-refractivity contribution in [3.63, 3.8) is 0 Å². The van der Waals surface area contributed by atoms with Crippen LogP contribution in [0.4, 0.5) is 0 Å². The number of H-pyrrole nitrogens is 1. The molecular weight excluding hydrogens is 438 g/mol. The van der Waals surface area contributed by atoms with Gasteiger partial charge >= 0.3 is 0 Å². The molecule has 0 saturated heterocycles. The van der Waals surface area contributed by atoms with Gasteiger partial charge in [0.25, 0.3) is 0 Å². The first-order valence-corrected chi connectivity index (χ1v) is 12.2. The molecular formula is C24H23N5OS2. The molecule has 0 spiro atoms. The van der Waals surface area contributed by atoms with E-state index in [1.807, 2.05) is 17.8 Å². The molecule has 5 rings (SSSR count). The van der Waals surface area contributed by atoms with Gasteiger partial charge in [0.05, 0.1) is 5.69 Å². The Morgan fingerprint density at radius 1 is 1.09 bits per heavy atom. The third-order valence-electron chi connectivity index (χ3n) is 5.17. The van der Waals surface area contributed by atoms with Crippen LogP contribution in [0.25, 0.3) is 21.7 Å². The zero-order valence-corrected chi connectivity index (χ0v) is 19.8.